The van der Waals surface area contributed by atoms with Gasteiger partial charge in [-0.1, -0.05) is 54.9 Å². The molecule has 8 nitrogen and oxygen atoms in total. The predicted molar refractivity (Wildman–Crippen MR) is 148 cm³/mol. The molecule has 0 radical (unpaired) electrons. The molecule has 196 valence electrons. The van der Waals surface area contributed by atoms with Gasteiger partial charge in [-0.2, -0.15) is 0 Å². The summed E-state index contributed by atoms with van der Waals surface area (Å²) in [5.41, 5.74) is 2.72. The van der Waals surface area contributed by atoms with Crippen LogP contribution in [0.2, 0.25) is 5.02 Å². The van der Waals surface area contributed by atoms with Crippen molar-refractivity contribution in [3.8, 4) is 0 Å². The molecule has 0 fully saturated rings. The van der Waals surface area contributed by atoms with E-state index in [0.717, 1.165) is 34.2 Å². The first-order valence-corrected chi connectivity index (χ1v) is 13.1. The lowest BCUT2D eigenvalue weighted by Crippen LogP contribution is -2.38. The molecule has 3 aromatic heterocycles. The van der Waals surface area contributed by atoms with Gasteiger partial charge in [0.05, 0.1) is 23.9 Å². The molecule has 0 aliphatic heterocycles. The van der Waals surface area contributed by atoms with Crippen LogP contribution in [0.4, 0.5) is 0 Å². The number of tetrazole rings is 1. The fourth-order valence-electron chi connectivity index (χ4n) is 4.73. The van der Waals surface area contributed by atoms with Gasteiger partial charge in [-0.25, -0.2) is 4.68 Å². The molecule has 38 heavy (non-hydrogen) atoms. The predicted octanol–water partition coefficient (Wildman–Crippen LogP) is 6.01. The maximum absolute atomic E-state index is 13.8. The number of halogens is 1. The molecule has 2 aromatic carbocycles. The zero-order valence-corrected chi connectivity index (χ0v) is 22.7. The summed E-state index contributed by atoms with van der Waals surface area (Å²) < 4.78 is 7.58. The number of nitrogens with zero attached hydrogens (tertiary/aromatic N) is 5. The summed E-state index contributed by atoms with van der Waals surface area (Å²) in [6, 6.07) is 18.8. The molecular formula is C29H31ClN6O2. The molecule has 5 rings (SSSR count). The number of hydrogen-bond acceptors (Lipinski definition) is 6. The quantitative estimate of drug-likeness (QED) is 0.251. The van der Waals surface area contributed by atoms with E-state index in [0.29, 0.717) is 29.5 Å². The van der Waals surface area contributed by atoms with E-state index in [1.54, 1.807) is 6.26 Å². The van der Waals surface area contributed by atoms with E-state index < -0.39 is 6.04 Å². The van der Waals surface area contributed by atoms with Gasteiger partial charge >= 0.3 is 0 Å². The van der Waals surface area contributed by atoms with Crippen LogP contribution >= 0.6 is 11.6 Å². The molecule has 0 saturated heterocycles. The van der Waals surface area contributed by atoms with Crippen molar-refractivity contribution in [3.63, 3.8) is 0 Å². The van der Waals surface area contributed by atoms with Crippen LogP contribution in [0, 0.1) is 6.92 Å². The number of aryl methyl sites for hydroxylation is 1. The largest absolute Gasteiger partial charge is 0.468 e. The number of benzene rings is 2. The van der Waals surface area contributed by atoms with Crippen molar-refractivity contribution in [3.05, 3.63) is 111 Å². The molecule has 0 aliphatic rings. The van der Waals surface area contributed by atoms with E-state index in [1.165, 1.54) is 0 Å². The summed E-state index contributed by atoms with van der Waals surface area (Å²) in [6.07, 6.45) is 2.45. The van der Waals surface area contributed by atoms with Crippen LogP contribution in [0.3, 0.4) is 0 Å². The standard InChI is InChI=1S/C29H31ClN6O2/c1-5-29(3,4)36-27(32-33-34-36)26(23-16-20-12-8-10-19(2)25(20)31-28(23)37)35(18-22-13-9-15-38-22)17-21-11-6-7-14-24(21)30/h6-16,26H,5,17-18H2,1-4H3,(H,31,37). The Bertz CT molecular complexity index is 1610. The number of fused-ring (bicyclic) bond motifs is 1. The number of hydrogen-bond donors (Lipinski definition) is 1. The van der Waals surface area contributed by atoms with Gasteiger partial charge in [0.25, 0.3) is 5.56 Å². The van der Waals surface area contributed by atoms with Gasteiger partial charge in [0.15, 0.2) is 5.82 Å². The molecule has 0 saturated carbocycles. The fraction of sp³-hybridized carbons (Fsp3) is 0.310. The number of nitrogens with one attached hydrogen (secondary N) is 1. The Kier molecular flexibility index (Phi) is 7.19. The van der Waals surface area contributed by atoms with Crippen molar-refractivity contribution in [1.82, 2.24) is 30.1 Å². The molecular weight excluding hydrogens is 500 g/mol. The average Bonchev–Trinajstić information content (AvgIpc) is 3.59. The summed E-state index contributed by atoms with van der Waals surface area (Å²) in [5.74, 6) is 1.33. The molecule has 1 atom stereocenters. The van der Waals surface area contributed by atoms with Gasteiger partial charge in [0.1, 0.15) is 11.8 Å². The third kappa shape index (κ3) is 5.01. The number of aromatic amines is 1. The Morgan fingerprint density at radius 2 is 1.92 bits per heavy atom. The highest BCUT2D eigenvalue weighted by atomic mass is 35.5. The fourth-order valence-corrected chi connectivity index (χ4v) is 4.93. The number of para-hydroxylation sites is 1. The Morgan fingerprint density at radius 3 is 2.66 bits per heavy atom. The lowest BCUT2D eigenvalue weighted by Gasteiger charge is -2.33. The van der Waals surface area contributed by atoms with Gasteiger partial charge in [-0.05, 0) is 78.4 Å². The van der Waals surface area contributed by atoms with Crippen LogP contribution in [-0.4, -0.2) is 30.1 Å². The van der Waals surface area contributed by atoms with Crippen LogP contribution < -0.4 is 5.56 Å². The maximum atomic E-state index is 13.8. The number of furan rings is 1. The monoisotopic (exact) mass is 530 g/mol. The third-order valence-corrected chi connectivity index (χ3v) is 7.59. The van der Waals surface area contributed by atoms with Gasteiger partial charge < -0.3 is 9.40 Å². The Labute approximate surface area is 226 Å². The average molecular weight is 531 g/mol. The molecule has 1 N–H and O–H groups in total. The van der Waals surface area contributed by atoms with E-state index in [2.05, 4.69) is 46.2 Å². The van der Waals surface area contributed by atoms with Crippen LogP contribution in [-0.2, 0) is 18.6 Å². The van der Waals surface area contributed by atoms with Crippen LogP contribution in [0.5, 0.6) is 0 Å². The van der Waals surface area contributed by atoms with Crippen molar-refractivity contribution in [2.45, 2.75) is 58.8 Å². The lowest BCUT2D eigenvalue weighted by atomic mass is 9.98. The molecule has 9 heteroatoms. The number of pyridine rings is 1. The molecule has 0 aliphatic carbocycles. The topological polar surface area (TPSA) is 92.8 Å². The van der Waals surface area contributed by atoms with Crippen LogP contribution in [0.15, 0.2) is 76.1 Å². The van der Waals surface area contributed by atoms with Gasteiger partial charge in [-0.3, -0.25) is 9.69 Å². The highest BCUT2D eigenvalue weighted by Crippen LogP contribution is 2.34. The van der Waals surface area contributed by atoms with Crippen molar-refractivity contribution < 1.29 is 4.42 Å². The van der Waals surface area contributed by atoms with Crippen molar-refractivity contribution in [2.24, 2.45) is 0 Å². The summed E-state index contributed by atoms with van der Waals surface area (Å²) in [7, 11) is 0. The Balaban J connectivity index is 1.75. The van der Waals surface area contributed by atoms with Gasteiger partial charge in [0.2, 0.25) is 0 Å². The highest BCUT2D eigenvalue weighted by molar-refractivity contribution is 6.31. The van der Waals surface area contributed by atoms with Gasteiger partial charge in [0, 0.05) is 17.1 Å². The first kappa shape index (κ1) is 25.9. The Hall–Kier alpha value is -3.75. The van der Waals surface area contributed by atoms with Crippen molar-refractivity contribution in [1.29, 1.82) is 0 Å². The molecule has 1 unspecified atom stereocenters. The second-order valence-corrected chi connectivity index (χ2v) is 10.6. The minimum absolute atomic E-state index is 0.191. The van der Waals surface area contributed by atoms with E-state index >= 15 is 0 Å². The minimum atomic E-state index is -0.592. The molecule has 0 amide bonds. The molecule has 0 spiro atoms. The molecule has 0 bridgehead atoms. The van der Waals surface area contributed by atoms with Crippen LogP contribution in [0.25, 0.3) is 10.9 Å². The van der Waals surface area contributed by atoms with E-state index in [9.17, 15) is 4.79 Å². The zero-order valence-electron chi connectivity index (χ0n) is 22.0. The molecule has 3 heterocycles. The van der Waals surface area contributed by atoms with E-state index in [-0.39, 0.29) is 11.1 Å². The summed E-state index contributed by atoms with van der Waals surface area (Å²) in [5, 5.41) is 14.5. The highest BCUT2D eigenvalue weighted by Gasteiger charge is 2.35. The second-order valence-electron chi connectivity index (χ2n) is 10.2. The maximum Gasteiger partial charge on any atom is 0.253 e. The van der Waals surface area contributed by atoms with Crippen LogP contribution in [0.1, 0.15) is 61.5 Å². The second kappa shape index (κ2) is 10.6. The van der Waals surface area contributed by atoms with E-state index in [4.69, 9.17) is 16.0 Å². The smallest absolute Gasteiger partial charge is 0.253 e. The summed E-state index contributed by atoms with van der Waals surface area (Å²) >= 11 is 6.62. The molecule has 5 aromatic rings. The SMILES string of the molecule is CCC(C)(C)n1nnnc1C(c1cc2cccc(C)c2[nH]c1=O)N(Cc1ccco1)Cc1ccccc1Cl. The normalized spacial score (nSPS) is 12.9. The summed E-state index contributed by atoms with van der Waals surface area (Å²) in [4.78, 5) is 19.0. The summed E-state index contributed by atoms with van der Waals surface area (Å²) in [6.45, 7) is 9.10. The Morgan fingerprint density at radius 1 is 1.11 bits per heavy atom. The van der Waals surface area contributed by atoms with Crippen molar-refractivity contribution >= 4 is 22.5 Å². The number of rotatable bonds is 9. The number of H-pyrrole nitrogens is 1. The van der Waals surface area contributed by atoms with Gasteiger partial charge in [-0.15, -0.1) is 5.10 Å². The first-order valence-electron chi connectivity index (χ1n) is 12.7. The zero-order chi connectivity index (χ0) is 26.9. The van der Waals surface area contributed by atoms with E-state index in [1.807, 2.05) is 72.3 Å². The number of aromatic nitrogens is 5. The van der Waals surface area contributed by atoms with Crippen molar-refractivity contribution in [2.75, 3.05) is 0 Å². The third-order valence-electron chi connectivity index (χ3n) is 7.22. The lowest BCUT2D eigenvalue weighted by molar-refractivity contribution is 0.168. The minimum Gasteiger partial charge on any atom is -0.468 e. The first-order chi connectivity index (χ1) is 18.3.